The summed E-state index contributed by atoms with van der Waals surface area (Å²) < 4.78 is 0. The first-order valence-electron chi connectivity index (χ1n) is 5.48. The van der Waals surface area contributed by atoms with Gasteiger partial charge in [-0.1, -0.05) is 0 Å². The minimum absolute atomic E-state index is 0.137. The summed E-state index contributed by atoms with van der Waals surface area (Å²) in [5, 5.41) is 8.98. The number of carboxylic acids is 1. The van der Waals surface area contributed by atoms with E-state index >= 15 is 0 Å². The van der Waals surface area contributed by atoms with Gasteiger partial charge in [0.1, 0.15) is 5.69 Å². The van der Waals surface area contributed by atoms with Crippen LogP contribution >= 0.6 is 0 Å². The van der Waals surface area contributed by atoms with Crippen molar-refractivity contribution in [2.24, 2.45) is 0 Å². The smallest absolute Gasteiger partial charge is 0.338 e. The van der Waals surface area contributed by atoms with Crippen molar-refractivity contribution in [1.29, 1.82) is 0 Å². The molecule has 7 nitrogen and oxygen atoms in total. The van der Waals surface area contributed by atoms with E-state index < -0.39 is 11.9 Å². The molecule has 0 atom stereocenters. The number of pyridine rings is 1. The molecule has 7 heteroatoms. The minimum Gasteiger partial charge on any atom is -0.478 e. The first kappa shape index (κ1) is 14.6. The van der Waals surface area contributed by atoms with Gasteiger partial charge in [0.15, 0.2) is 0 Å². The highest BCUT2D eigenvalue weighted by molar-refractivity contribution is 6.03. The third kappa shape index (κ3) is 3.51. The molecule has 1 heterocycles. The normalized spacial score (nSPS) is 9.84. The zero-order chi connectivity index (χ0) is 14.6. The molecule has 0 radical (unpaired) electrons. The number of hydrogen-bond acceptors (Lipinski definition) is 4. The Morgan fingerprint density at radius 1 is 1.26 bits per heavy atom. The Hall–Kier alpha value is -2.44. The van der Waals surface area contributed by atoms with Crippen LogP contribution in [0.1, 0.15) is 20.8 Å². The zero-order valence-corrected chi connectivity index (χ0v) is 11.0. The molecule has 1 aromatic heterocycles. The van der Waals surface area contributed by atoms with E-state index in [-0.39, 0.29) is 23.7 Å². The van der Waals surface area contributed by atoms with Crippen LogP contribution in [0.2, 0.25) is 0 Å². The van der Waals surface area contributed by atoms with Crippen LogP contribution in [0.5, 0.6) is 0 Å². The Balaban J connectivity index is 2.95. The quantitative estimate of drug-likeness (QED) is 0.823. The van der Waals surface area contributed by atoms with E-state index in [2.05, 4.69) is 4.98 Å². The van der Waals surface area contributed by atoms with Gasteiger partial charge < -0.3 is 14.9 Å². The van der Waals surface area contributed by atoms with E-state index in [4.69, 9.17) is 5.11 Å². The molecule has 19 heavy (non-hydrogen) atoms. The average Bonchev–Trinajstić information content (AvgIpc) is 2.37. The molecule has 102 valence electrons. The van der Waals surface area contributed by atoms with Crippen LogP contribution in [-0.2, 0) is 4.79 Å². The summed E-state index contributed by atoms with van der Waals surface area (Å²) in [7, 11) is 4.57. The van der Waals surface area contributed by atoms with Gasteiger partial charge in [0.2, 0.25) is 5.91 Å². The molecule has 0 aliphatic carbocycles. The number of likely N-dealkylation sites (N-methyl/N-ethyl adjacent to an activating group) is 2. The molecule has 1 rings (SSSR count). The maximum Gasteiger partial charge on any atom is 0.338 e. The van der Waals surface area contributed by atoms with Crippen LogP contribution in [0, 0.1) is 0 Å². The van der Waals surface area contributed by atoms with Gasteiger partial charge in [-0.25, -0.2) is 4.79 Å². The van der Waals surface area contributed by atoms with Crippen molar-refractivity contribution in [3.63, 3.8) is 0 Å². The van der Waals surface area contributed by atoms with Crippen molar-refractivity contribution in [2.45, 2.75) is 0 Å². The highest BCUT2D eigenvalue weighted by Gasteiger charge is 2.22. The number of aromatic carboxylic acids is 1. The topological polar surface area (TPSA) is 90.8 Å². The van der Waals surface area contributed by atoms with Gasteiger partial charge in [0.25, 0.3) is 5.91 Å². The predicted molar refractivity (Wildman–Crippen MR) is 66.9 cm³/mol. The highest BCUT2D eigenvalue weighted by Crippen LogP contribution is 2.08. The fourth-order valence-corrected chi connectivity index (χ4v) is 1.35. The van der Waals surface area contributed by atoms with Crippen LogP contribution in [0.4, 0.5) is 0 Å². The molecule has 2 amide bonds. The van der Waals surface area contributed by atoms with Gasteiger partial charge in [-0.2, -0.15) is 0 Å². The van der Waals surface area contributed by atoms with Crippen LogP contribution < -0.4 is 0 Å². The van der Waals surface area contributed by atoms with E-state index in [9.17, 15) is 14.4 Å². The number of aromatic nitrogens is 1. The summed E-state index contributed by atoms with van der Waals surface area (Å²) in [4.78, 5) is 40.8. The number of carbonyl (C=O) groups excluding carboxylic acids is 2. The summed E-state index contributed by atoms with van der Waals surface area (Å²) in [5.74, 6) is -2.10. The van der Waals surface area contributed by atoms with Gasteiger partial charge in [-0.15, -0.1) is 0 Å². The lowest BCUT2D eigenvalue weighted by Gasteiger charge is -2.19. The molecule has 0 fully saturated rings. The molecule has 0 aliphatic heterocycles. The van der Waals surface area contributed by atoms with Gasteiger partial charge in [0, 0.05) is 27.3 Å². The second-order valence-corrected chi connectivity index (χ2v) is 4.15. The molecule has 0 bridgehead atoms. The van der Waals surface area contributed by atoms with Crippen LogP contribution in [-0.4, -0.2) is 65.4 Å². The summed E-state index contributed by atoms with van der Waals surface area (Å²) in [6, 6.07) is 2.73. The van der Waals surface area contributed by atoms with Gasteiger partial charge in [0.05, 0.1) is 12.1 Å². The maximum atomic E-state index is 12.1. The first-order chi connectivity index (χ1) is 8.84. The summed E-state index contributed by atoms with van der Waals surface area (Å²) in [6.07, 6.45) is 1.33. The Kier molecular flexibility index (Phi) is 4.57. The van der Waals surface area contributed by atoms with Crippen molar-refractivity contribution < 1.29 is 19.5 Å². The lowest BCUT2D eigenvalue weighted by molar-refractivity contribution is -0.129. The monoisotopic (exact) mass is 265 g/mol. The summed E-state index contributed by atoms with van der Waals surface area (Å²) in [5.41, 5.74) is -0.360. The van der Waals surface area contributed by atoms with Crippen molar-refractivity contribution in [3.05, 3.63) is 29.6 Å². The number of amides is 2. The number of carboxylic acid groups (broad SMARTS) is 1. The Bertz CT molecular complexity index is 513. The van der Waals surface area contributed by atoms with Gasteiger partial charge >= 0.3 is 5.97 Å². The van der Waals surface area contributed by atoms with E-state index in [1.54, 1.807) is 14.1 Å². The Labute approximate surface area is 110 Å². The van der Waals surface area contributed by atoms with E-state index in [1.807, 2.05) is 0 Å². The van der Waals surface area contributed by atoms with Crippen LogP contribution in [0.25, 0.3) is 0 Å². The van der Waals surface area contributed by atoms with Crippen molar-refractivity contribution >= 4 is 17.8 Å². The standard InChI is InChI=1S/C12H15N3O4/c1-14(2)9(16)7-15(3)11(17)10-8(12(18)19)5-4-6-13-10/h4-6H,7H2,1-3H3,(H,18,19). The van der Waals surface area contributed by atoms with E-state index in [1.165, 1.54) is 30.3 Å². The second kappa shape index (κ2) is 5.94. The summed E-state index contributed by atoms with van der Waals surface area (Å²) >= 11 is 0. The molecule has 0 unspecified atom stereocenters. The lowest BCUT2D eigenvalue weighted by Crippen LogP contribution is -2.38. The highest BCUT2D eigenvalue weighted by atomic mass is 16.4. The lowest BCUT2D eigenvalue weighted by atomic mass is 10.2. The first-order valence-corrected chi connectivity index (χ1v) is 5.48. The third-order valence-corrected chi connectivity index (χ3v) is 2.46. The fraction of sp³-hybridized carbons (Fsp3) is 0.333. The largest absolute Gasteiger partial charge is 0.478 e. The van der Waals surface area contributed by atoms with Crippen molar-refractivity contribution in [3.8, 4) is 0 Å². The molecule has 1 aromatic rings. The number of hydrogen-bond donors (Lipinski definition) is 1. The van der Waals surface area contributed by atoms with Crippen molar-refractivity contribution in [1.82, 2.24) is 14.8 Å². The Morgan fingerprint density at radius 3 is 2.42 bits per heavy atom. The molecule has 0 aromatic carbocycles. The SMILES string of the molecule is CN(C)C(=O)CN(C)C(=O)c1ncccc1C(=O)O. The Morgan fingerprint density at radius 2 is 1.89 bits per heavy atom. The maximum absolute atomic E-state index is 12.1. The fourth-order valence-electron chi connectivity index (χ4n) is 1.35. The zero-order valence-electron chi connectivity index (χ0n) is 11.0. The molecule has 1 N–H and O–H groups in total. The van der Waals surface area contributed by atoms with E-state index in [0.29, 0.717) is 0 Å². The molecule has 0 aliphatic rings. The second-order valence-electron chi connectivity index (χ2n) is 4.15. The summed E-state index contributed by atoms with van der Waals surface area (Å²) in [6.45, 7) is -0.137. The van der Waals surface area contributed by atoms with Crippen molar-refractivity contribution in [2.75, 3.05) is 27.7 Å². The number of nitrogens with zero attached hydrogens (tertiary/aromatic N) is 3. The number of rotatable bonds is 4. The van der Waals surface area contributed by atoms with E-state index in [0.717, 1.165) is 4.90 Å². The molecule has 0 spiro atoms. The van der Waals surface area contributed by atoms with Crippen LogP contribution in [0.3, 0.4) is 0 Å². The van der Waals surface area contributed by atoms with Gasteiger partial charge in [-0.05, 0) is 12.1 Å². The van der Waals surface area contributed by atoms with Gasteiger partial charge in [-0.3, -0.25) is 14.6 Å². The molecular formula is C12H15N3O4. The molecule has 0 saturated carbocycles. The molecule has 0 saturated heterocycles. The number of carbonyl (C=O) groups is 3. The third-order valence-electron chi connectivity index (χ3n) is 2.46. The molecular weight excluding hydrogens is 250 g/mol. The average molecular weight is 265 g/mol. The van der Waals surface area contributed by atoms with Crippen LogP contribution in [0.15, 0.2) is 18.3 Å². The minimum atomic E-state index is -1.23. The predicted octanol–water partition coefficient (Wildman–Crippen LogP) is -0.0600.